The highest BCUT2D eigenvalue weighted by Crippen LogP contribution is 2.45. The summed E-state index contributed by atoms with van der Waals surface area (Å²) in [6, 6.07) is 8.48. The van der Waals surface area contributed by atoms with Gasteiger partial charge in [0.05, 0.1) is 6.10 Å². The predicted molar refractivity (Wildman–Crippen MR) is 151 cm³/mol. The van der Waals surface area contributed by atoms with Crippen molar-refractivity contribution in [1.82, 2.24) is 9.80 Å². The monoisotopic (exact) mass is 512 g/mol. The third kappa shape index (κ3) is 8.05. The quantitative estimate of drug-likeness (QED) is 0.503. The molecule has 5 heteroatoms. The number of aliphatic hydroxyl groups is 1. The summed E-state index contributed by atoms with van der Waals surface area (Å²) in [4.78, 5) is 27.8. The first-order valence-corrected chi connectivity index (χ1v) is 15.1. The summed E-state index contributed by atoms with van der Waals surface area (Å²) < 4.78 is 0. The molecule has 1 spiro atoms. The molecule has 1 aromatic carbocycles. The zero-order chi connectivity index (χ0) is 26.8. The molecule has 2 atom stereocenters. The second-order valence-corrected chi connectivity index (χ2v) is 11.8. The van der Waals surface area contributed by atoms with Crippen molar-refractivity contribution >= 4 is 11.8 Å². The number of carbonyl (C=O) groups is 2. The topological polar surface area (TPSA) is 60.9 Å². The fourth-order valence-corrected chi connectivity index (χ4v) is 6.82. The molecule has 2 saturated carbocycles. The Hall–Kier alpha value is -1.88. The Bertz CT molecular complexity index is 840. The average molecular weight is 513 g/mol. The Morgan fingerprint density at radius 1 is 1.00 bits per heavy atom. The van der Waals surface area contributed by atoms with Crippen LogP contribution in [0, 0.1) is 18.3 Å². The lowest BCUT2D eigenvalue weighted by atomic mass is 9.76. The standard InChI is InChI=1S/C18H31NO2.C12H15NO.C2H6/c20-16-10-13-19(14-18(16)11-4-5-12-18)17(21)9-8-15-6-2-1-3-7-15;1-9-3-5-10(6-4-9)11-7-12(14)13(2)8-11;1-2/h15-16,20H,1-14H2;3-6,11H,7-8H2,1-2H3;1-2H3. The summed E-state index contributed by atoms with van der Waals surface area (Å²) >= 11 is 0. The SMILES string of the molecule is CC.Cc1ccc(C2CC(=O)N(C)C2)cc1.O=C(CCC1CCCCC1)N1CCC(O)C2(CCCC2)C1. The largest absolute Gasteiger partial charge is 0.392 e. The molecule has 2 saturated heterocycles. The van der Waals surface area contributed by atoms with E-state index in [4.69, 9.17) is 0 Å². The first kappa shape index (κ1) is 29.7. The number of hydrogen-bond donors (Lipinski definition) is 1. The van der Waals surface area contributed by atoms with Crippen molar-refractivity contribution < 1.29 is 14.7 Å². The second-order valence-electron chi connectivity index (χ2n) is 11.8. The Labute approximate surface area is 226 Å². The van der Waals surface area contributed by atoms with Crippen LogP contribution in [0.25, 0.3) is 0 Å². The summed E-state index contributed by atoms with van der Waals surface area (Å²) in [5.41, 5.74) is 2.60. The zero-order valence-corrected chi connectivity index (χ0v) is 24.0. The number of likely N-dealkylation sites (N-methyl/N-ethyl adjacent to an activating group) is 1. The number of amides is 2. The van der Waals surface area contributed by atoms with E-state index in [1.165, 1.54) is 56.1 Å². The Balaban J connectivity index is 0.000000207. The molecule has 5 nitrogen and oxygen atoms in total. The number of carbonyl (C=O) groups excluding carboxylic acids is 2. The van der Waals surface area contributed by atoms with Crippen LogP contribution in [0.2, 0.25) is 0 Å². The van der Waals surface area contributed by atoms with Crippen molar-refractivity contribution in [3.05, 3.63) is 35.4 Å². The summed E-state index contributed by atoms with van der Waals surface area (Å²) in [6.45, 7) is 8.53. The van der Waals surface area contributed by atoms with Crippen molar-refractivity contribution in [3.8, 4) is 0 Å². The molecule has 1 N–H and O–H groups in total. The van der Waals surface area contributed by atoms with Crippen LogP contribution in [-0.4, -0.2) is 59.5 Å². The van der Waals surface area contributed by atoms with E-state index in [-0.39, 0.29) is 17.4 Å². The number of nitrogens with zero attached hydrogens (tertiary/aromatic N) is 2. The van der Waals surface area contributed by atoms with E-state index < -0.39 is 0 Å². The number of benzene rings is 1. The van der Waals surface area contributed by atoms with E-state index in [0.29, 0.717) is 18.2 Å². The van der Waals surface area contributed by atoms with Crippen molar-refractivity contribution in [1.29, 1.82) is 0 Å². The Morgan fingerprint density at radius 3 is 2.24 bits per heavy atom. The highest BCUT2D eigenvalue weighted by Gasteiger charge is 2.45. The van der Waals surface area contributed by atoms with Gasteiger partial charge in [0.2, 0.25) is 11.8 Å². The first-order valence-electron chi connectivity index (χ1n) is 15.1. The molecular weight excluding hydrogens is 460 g/mol. The highest BCUT2D eigenvalue weighted by molar-refractivity contribution is 5.79. The maximum Gasteiger partial charge on any atom is 0.223 e. The van der Waals surface area contributed by atoms with E-state index in [9.17, 15) is 14.7 Å². The normalized spacial score (nSPS) is 25.4. The van der Waals surface area contributed by atoms with Crippen LogP contribution in [-0.2, 0) is 9.59 Å². The van der Waals surface area contributed by atoms with E-state index in [1.807, 2.05) is 25.8 Å². The lowest BCUT2D eigenvalue weighted by Gasteiger charge is -2.44. The fraction of sp³-hybridized carbons (Fsp3) is 0.750. The number of hydrogen-bond acceptors (Lipinski definition) is 3. The van der Waals surface area contributed by atoms with Crippen LogP contribution in [0.1, 0.15) is 114 Å². The van der Waals surface area contributed by atoms with E-state index in [2.05, 4.69) is 36.1 Å². The lowest BCUT2D eigenvalue weighted by Crippen LogP contribution is -2.52. The molecule has 0 bridgehead atoms. The van der Waals surface area contributed by atoms with Crippen molar-refractivity contribution in [3.63, 3.8) is 0 Å². The molecule has 2 unspecified atom stereocenters. The van der Waals surface area contributed by atoms with Gasteiger partial charge in [0.25, 0.3) is 0 Å². The van der Waals surface area contributed by atoms with E-state index in [0.717, 1.165) is 57.7 Å². The van der Waals surface area contributed by atoms with Gasteiger partial charge in [-0.25, -0.2) is 0 Å². The lowest BCUT2D eigenvalue weighted by molar-refractivity contribution is -0.139. The summed E-state index contributed by atoms with van der Waals surface area (Å²) in [6.07, 6.45) is 14.5. The number of aryl methyl sites for hydroxylation is 1. The van der Waals surface area contributed by atoms with Crippen molar-refractivity contribution in [2.24, 2.45) is 11.3 Å². The number of aliphatic hydroxyl groups excluding tert-OH is 1. The van der Waals surface area contributed by atoms with Crippen LogP contribution in [0.15, 0.2) is 24.3 Å². The van der Waals surface area contributed by atoms with Crippen LogP contribution in [0.3, 0.4) is 0 Å². The van der Waals surface area contributed by atoms with Gasteiger partial charge < -0.3 is 14.9 Å². The number of likely N-dealkylation sites (tertiary alicyclic amines) is 2. The number of piperidine rings is 1. The van der Waals surface area contributed by atoms with Gasteiger partial charge in [-0.15, -0.1) is 0 Å². The third-order valence-corrected chi connectivity index (χ3v) is 9.22. The third-order valence-electron chi connectivity index (χ3n) is 9.22. The molecule has 0 radical (unpaired) electrons. The zero-order valence-electron chi connectivity index (χ0n) is 24.0. The molecule has 2 aliphatic carbocycles. The maximum absolute atomic E-state index is 12.5. The van der Waals surface area contributed by atoms with Gasteiger partial charge >= 0.3 is 0 Å². The Morgan fingerprint density at radius 2 is 1.65 bits per heavy atom. The molecule has 1 aromatic rings. The predicted octanol–water partition coefficient (Wildman–Crippen LogP) is 6.47. The van der Waals surface area contributed by atoms with Gasteiger partial charge in [0.15, 0.2) is 0 Å². The summed E-state index contributed by atoms with van der Waals surface area (Å²) in [7, 11) is 1.87. The highest BCUT2D eigenvalue weighted by atomic mass is 16.3. The second kappa shape index (κ2) is 14.3. The minimum absolute atomic E-state index is 0.0404. The fourth-order valence-electron chi connectivity index (χ4n) is 6.82. The average Bonchev–Trinajstić information content (AvgIpc) is 3.53. The van der Waals surface area contributed by atoms with Gasteiger partial charge in [-0.05, 0) is 44.1 Å². The molecule has 37 heavy (non-hydrogen) atoms. The molecular formula is C32H52N2O3. The minimum atomic E-state index is -0.178. The van der Waals surface area contributed by atoms with Gasteiger partial charge in [-0.2, -0.15) is 0 Å². The first-order chi connectivity index (χ1) is 17.9. The van der Waals surface area contributed by atoms with Crippen LogP contribution < -0.4 is 0 Å². The van der Waals surface area contributed by atoms with Gasteiger partial charge in [0, 0.05) is 50.9 Å². The maximum atomic E-state index is 12.5. The molecule has 2 amide bonds. The van der Waals surface area contributed by atoms with Crippen molar-refractivity contribution in [2.45, 2.75) is 116 Å². The Kier molecular flexibility index (Phi) is 11.5. The van der Waals surface area contributed by atoms with Crippen LogP contribution in [0.4, 0.5) is 0 Å². The molecule has 208 valence electrons. The molecule has 5 rings (SSSR count). The van der Waals surface area contributed by atoms with Gasteiger partial charge in [0.1, 0.15) is 0 Å². The molecule has 4 fully saturated rings. The number of rotatable bonds is 4. The minimum Gasteiger partial charge on any atom is -0.392 e. The van der Waals surface area contributed by atoms with Crippen LogP contribution >= 0.6 is 0 Å². The summed E-state index contributed by atoms with van der Waals surface area (Å²) in [5.74, 6) is 1.79. The molecule has 0 aromatic heterocycles. The summed E-state index contributed by atoms with van der Waals surface area (Å²) in [5, 5.41) is 10.4. The van der Waals surface area contributed by atoms with E-state index in [1.54, 1.807) is 0 Å². The van der Waals surface area contributed by atoms with Gasteiger partial charge in [-0.1, -0.05) is 88.6 Å². The molecule has 2 heterocycles. The van der Waals surface area contributed by atoms with Crippen LogP contribution in [0.5, 0.6) is 0 Å². The van der Waals surface area contributed by atoms with E-state index >= 15 is 0 Å². The molecule has 4 aliphatic rings. The molecule has 2 aliphatic heterocycles. The van der Waals surface area contributed by atoms with Crippen molar-refractivity contribution in [2.75, 3.05) is 26.7 Å². The smallest absolute Gasteiger partial charge is 0.223 e. The van der Waals surface area contributed by atoms with Gasteiger partial charge in [-0.3, -0.25) is 9.59 Å².